The van der Waals surface area contributed by atoms with Crippen LogP contribution in [0.4, 0.5) is 0 Å². The van der Waals surface area contributed by atoms with Gasteiger partial charge in [-0.2, -0.15) is 0 Å². The molecule has 1 aliphatic rings. The lowest BCUT2D eigenvalue weighted by Crippen LogP contribution is -2.42. The van der Waals surface area contributed by atoms with Gasteiger partial charge in [-0.3, -0.25) is 4.90 Å². The topological polar surface area (TPSA) is 41.3 Å². The van der Waals surface area contributed by atoms with Gasteiger partial charge in [0.05, 0.1) is 5.69 Å². The van der Waals surface area contributed by atoms with Crippen molar-refractivity contribution in [3.05, 3.63) is 29.7 Å². The average molecular weight is 249 g/mol. The Morgan fingerprint density at radius 2 is 2.28 bits per heavy atom. The lowest BCUT2D eigenvalue weighted by molar-refractivity contribution is 0.213. The van der Waals surface area contributed by atoms with E-state index in [1.165, 1.54) is 31.5 Å². The Morgan fingerprint density at radius 1 is 1.50 bits per heavy atom. The maximum absolute atomic E-state index is 4.82. The third-order valence-corrected chi connectivity index (χ3v) is 3.41. The van der Waals surface area contributed by atoms with Gasteiger partial charge in [0, 0.05) is 25.2 Å². The molecule has 1 aliphatic heterocycles. The summed E-state index contributed by atoms with van der Waals surface area (Å²) in [6, 6.07) is 2.53. The van der Waals surface area contributed by atoms with E-state index in [1.54, 1.807) is 6.26 Å². The predicted octanol–water partition coefficient (Wildman–Crippen LogP) is 2.19. The molecular weight excluding hydrogens is 226 g/mol. The lowest BCUT2D eigenvalue weighted by atomic mass is 10.0. The molecule has 0 aliphatic carbocycles. The molecule has 2 heterocycles. The highest BCUT2D eigenvalue weighted by Crippen LogP contribution is 2.11. The highest BCUT2D eigenvalue weighted by molar-refractivity contribution is 4.97. The van der Waals surface area contributed by atoms with Gasteiger partial charge in [0.25, 0.3) is 0 Å². The van der Waals surface area contributed by atoms with Gasteiger partial charge in [0.15, 0.2) is 0 Å². The Morgan fingerprint density at radius 3 is 2.89 bits per heavy atom. The summed E-state index contributed by atoms with van der Waals surface area (Å²) in [7, 11) is 0. The number of aromatic nitrogens is 1. The summed E-state index contributed by atoms with van der Waals surface area (Å²) >= 11 is 0. The molecule has 18 heavy (non-hydrogen) atoms. The Labute approximate surface area is 109 Å². The predicted molar refractivity (Wildman–Crippen MR) is 72.2 cm³/mol. The molecule has 1 fully saturated rings. The van der Waals surface area contributed by atoms with Gasteiger partial charge in [-0.25, -0.2) is 0 Å². The summed E-state index contributed by atoms with van der Waals surface area (Å²) in [5.74, 6) is 0. The van der Waals surface area contributed by atoms with Crippen molar-refractivity contribution in [1.29, 1.82) is 0 Å². The van der Waals surface area contributed by atoms with E-state index in [1.807, 2.05) is 6.07 Å². The van der Waals surface area contributed by atoms with E-state index in [9.17, 15) is 0 Å². The first-order valence-electron chi connectivity index (χ1n) is 6.72. The van der Waals surface area contributed by atoms with Crippen molar-refractivity contribution in [2.24, 2.45) is 0 Å². The quantitative estimate of drug-likeness (QED) is 0.812. The number of hydrogen-bond acceptors (Lipinski definition) is 4. The fourth-order valence-electron chi connectivity index (χ4n) is 2.21. The van der Waals surface area contributed by atoms with Crippen LogP contribution in [0.2, 0.25) is 0 Å². The largest absolute Gasteiger partial charge is 0.364 e. The molecule has 0 radical (unpaired) electrons. The summed E-state index contributed by atoms with van der Waals surface area (Å²) in [5, 5.41) is 7.45. The van der Waals surface area contributed by atoms with E-state index >= 15 is 0 Å². The summed E-state index contributed by atoms with van der Waals surface area (Å²) < 4.78 is 4.82. The number of hydrogen-bond donors (Lipinski definition) is 1. The third-order valence-electron chi connectivity index (χ3n) is 3.41. The van der Waals surface area contributed by atoms with E-state index in [0.29, 0.717) is 6.04 Å². The van der Waals surface area contributed by atoms with Crippen LogP contribution in [0.15, 0.2) is 28.5 Å². The van der Waals surface area contributed by atoms with Gasteiger partial charge in [-0.1, -0.05) is 16.8 Å². The van der Waals surface area contributed by atoms with Crippen LogP contribution in [0.5, 0.6) is 0 Å². The summed E-state index contributed by atoms with van der Waals surface area (Å²) in [6.07, 6.45) is 6.37. The average Bonchev–Trinajstić information content (AvgIpc) is 2.88. The van der Waals surface area contributed by atoms with Crippen LogP contribution in [-0.4, -0.2) is 35.7 Å². The van der Waals surface area contributed by atoms with Crippen LogP contribution < -0.4 is 5.32 Å². The van der Waals surface area contributed by atoms with Crippen LogP contribution >= 0.6 is 0 Å². The van der Waals surface area contributed by atoms with Crippen molar-refractivity contribution in [2.75, 3.05) is 19.6 Å². The first-order chi connectivity index (χ1) is 8.74. The molecule has 0 unspecified atom stereocenters. The molecule has 100 valence electrons. The second-order valence-corrected chi connectivity index (χ2v) is 5.23. The Hall–Kier alpha value is -1.13. The molecule has 1 N–H and O–H groups in total. The minimum Gasteiger partial charge on any atom is -0.364 e. The molecular formula is C14H23N3O. The molecule has 1 aromatic rings. The number of likely N-dealkylation sites (tertiary alicyclic amines) is 1. The first kappa shape index (κ1) is 13.3. The minimum atomic E-state index is 0.615. The molecule has 0 atom stereocenters. The fourth-order valence-corrected chi connectivity index (χ4v) is 2.21. The zero-order valence-corrected chi connectivity index (χ0v) is 11.4. The van der Waals surface area contributed by atoms with Crippen LogP contribution in [0.1, 0.15) is 32.4 Å². The van der Waals surface area contributed by atoms with E-state index in [2.05, 4.69) is 35.3 Å². The molecule has 0 spiro atoms. The molecule has 2 rings (SSSR count). The maximum Gasteiger partial charge on any atom is 0.124 e. The van der Waals surface area contributed by atoms with E-state index in [-0.39, 0.29) is 0 Å². The Kier molecular flexibility index (Phi) is 4.96. The smallest absolute Gasteiger partial charge is 0.124 e. The Balaban J connectivity index is 1.65. The molecule has 4 nitrogen and oxygen atoms in total. The number of allylic oxidation sites excluding steroid dienone is 1. The van der Waals surface area contributed by atoms with Gasteiger partial charge in [-0.15, -0.1) is 0 Å². The van der Waals surface area contributed by atoms with Gasteiger partial charge >= 0.3 is 0 Å². The zero-order valence-electron chi connectivity index (χ0n) is 11.4. The van der Waals surface area contributed by atoms with Crippen molar-refractivity contribution in [2.45, 2.75) is 39.3 Å². The number of rotatable bonds is 5. The highest BCUT2D eigenvalue weighted by Gasteiger charge is 2.17. The summed E-state index contributed by atoms with van der Waals surface area (Å²) in [6.45, 7) is 8.59. The fraction of sp³-hybridized carbons (Fsp3) is 0.643. The van der Waals surface area contributed by atoms with Crippen molar-refractivity contribution in [3.8, 4) is 0 Å². The molecule has 1 saturated heterocycles. The van der Waals surface area contributed by atoms with E-state index in [0.717, 1.165) is 18.8 Å². The zero-order chi connectivity index (χ0) is 12.8. The van der Waals surface area contributed by atoms with Gasteiger partial charge in [0.2, 0.25) is 0 Å². The van der Waals surface area contributed by atoms with Gasteiger partial charge in [-0.05, 0) is 39.8 Å². The number of nitrogens with one attached hydrogen (secondary N) is 1. The van der Waals surface area contributed by atoms with Crippen LogP contribution in [0, 0.1) is 0 Å². The third kappa shape index (κ3) is 4.27. The van der Waals surface area contributed by atoms with Crippen molar-refractivity contribution in [1.82, 2.24) is 15.4 Å². The normalized spacial score (nSPS) is 17.9. The standard InChI is InChI=1S/C14H23N3O/c1-12(2)3-7-17-8-4-13(5-9-17)15-11-14-6-10-18-16-14/h3,6,10,13,15H,4-5,7-9,11H2,1-2H3. The molecule has 4 heteroatoms. The van der Waals surface area contributed by atoms with Crippen LogP contribution in [0.25, 0.3) is 0 Å². The monoisotopic (exact) mass is 249 g/mol. The summed E-state index contributed by atoms with van der Waals surface area (Å²) in [4.78, 5) is 2.52. The van der Waals surface area contributed by atoms with Gasteiger partial charge in [0.1, 0.15) is 6.26 Å². The lowest BCUT2D eigenvalue weighted by Gasteiger charge is -2.31. The number of piperidine rings is 1. The highest BCUT2D eigenvalue weighted by atomic mass is 16.5. The molecule has 0 saturated carbocycles. The van der Waals surface area contributed by atoms with Crippen molar-refractivity contribution < 1.29 is 4.52 Å². The molecule has 1 aromatic heterocycles. The molecule has 0 amide bonds. The first-order valence-corrected chi connectivity index (χ1v) is 6.72. The van der Waals surface area contributed by atoms with Gasteiger partial charge < -0.3 is 9.84 Å². The number of nitrogens with zero attached hydrogens (tertiary/aromatic N) is 2. The van der Waals surface area contributed by atoms with E-state index in [4.69, 9.17) is 4.52 Å². The second kappa shape index (κ2) is 6.71. The maximum atomic E-state index is 4.82. The van der Waals surface area contributed by atoms with Crippen molar-refractivity contribution in [3.63, 3.8) is 0 Å². The van der Waals surface area contributed by atoms with Crippen LogP contribution in [0.3, 0.4) is 0 Å². The van der Waals surface area contributed by atoms with Crippen LogP contribution in [-0.2, 0) is 6.54 Å². The SMILES string of the molecule is CC(C)=CCN1CCC(NCc2ccon2)CC1. The summed E-state index contributed by atoms with van der Waals surface area (Å²) in [5.41, 5.74) is 2.39. The molecule has 0 bridgehead atoms. The second-order valence-electron chi connectivity index (χ2n) is 5.23. The minimum absolute atomic E-state index is 0.615. The van der Waals surface area contributed by atoms with E-state index < -0.39 is 0 Å². The van der Waals surface area contributed by atoms with Crippen molar-refractivity contribution >= 4 is 0 Å². The molecule has 0 aromatic carbocycles. The Bertz CT molecular complexity index is 360.